The second-order valence-electron chi connectivity index (χ2n) is 6.85. The number of nitro groups is 1. The molecule has 2 aromatic rings. The molecule has 27 heavy (non-hydrogen) atoms. The van der Waals surface area contributed by atoms with Crippen LogP contribution >= 0.6 is 0 Å². The molecule has 1 saturated heterocycles. The maximum Gasteiger partial charge on any atom is 0.293 e. The summed E-state index contributed by atoms with van der Waals surface area (Å²) in [7, 11) is 0. The molecule has 0 radical (unpaired) electrons. The van der Waals surface area contributed by atoms with Gasteiger partial charge in [-0.15, -0.1) is 0 Å². The van der Waals surface area contributed by atoms with Gasteiger partial charge in [-0.05, 0) is 37.0 Å². The molecule has 0 aromatic heterocycles. The molecule has 1 amide bonds. The monoisotopic (exact) mass is 369 g/mol. The molecule has 0 bridgehead atoms. The molecule has 2 N–H and O–H groups in total. The van der Waals surface area contributed by atoms with E-state index in [9.17, 15) is 20.0 Å². The molecule has 1 aliphatic rings. The first-order chi connectivity index (χ1) is 13.0. The zero-order chi connectivity index (χ0) is 19.4. The number of carbonyl (C=O) groups excluding carboxylic acids is 1. The molecule has 142 valence electrons. The number of nitrogens with zero attached hydrogens (tertiary/aromatic N) is 2. The van der Waals surface area contributed by atoms with Crippen molar-refractivity contribution in [1.82, 2.24) is 4.90 Å². The minimum Gasteiger partial charge on any atom is -0.393 e. The zero-order valence-corrected chi connectivity index (χ0v) is 15.2. The summed E-state index contributed by atoms with van der Waals surface area (Å²) in [6.07, 6.45) is 0.849. The van der Waals surface area contributed by atoms with Gasteiger partial charge in [0.2, 0.25) is 5.91 Å². The molecule has 1 heterocycles. The molecule has 7 heteroatoms. The molecule has 0 spiro atoms. The molecule has 1 fully saturated rings. The number of nitrogens with one attached hydrogen (secondary N) is 1. The smallest absolute Gasteiger partial charge is 0.293 e. The van der Waals surface area contributed by atoms with Gasteiger partial charge in [-0.2, -0.15) is 0 Å². The second-order valence-corrected chi connectivity index (χ2v) is 6.85. The first-order valence-corrected chi connectivity index (χ1v) is 8.98. The third kappa shape index (κ3) is 4.50. The number of nitro benzene ring substituents is 1. The summed E-state index contributed by atoms with van der Waals surface area (Å²) in [6.45, 7) is 2.94. The van der Waals surface area contributed by atoms with E-state index in [-0.39, 0.29) is 23.4 Å². The number of benzene rings is 2. The molecule has 2 aromatic carbocycles. The fourth-order valence-electron chi connectivity index (χ4n) is 3.41. The fraction of sp³-hybridized carbons (Fsp3) is 0.350. The highest BCUT2D eigenvalue weighted by molar-refractivity contribution is 5.97. The van der Waals surface area contributed by atoms with Crippen molar-refractivity contribution in [3.63, 3.8) is 0 Å². The SMILES string of the molecule is Cc1ccc(NC(=O)C(c2ccccc2)N2CCC(O)CC2)c([N+](=O)[O-])c1. The molecule has 3 rings (SSSR count). The van der Waals surface area contributed by atoms with Crippen LogP contribution in [0.4, 0.5) is 11.4 Å². The van der Waals surface area contributed by atoms with Crippen LogP contribution in [0.25, 0.3) is 0 Å². The number of amides is 1. The Balaban J connectivity index is 1.89. The van der Waals surface area contributed by atoms with Gasteiger partial charge in [-0.25, -0.2) is 0 Å². The van der Waals surface area contributed by atoms with E-state index in [1.807, 2.05) is 35.2 Å². The van der Waals surface area contributed by atoms with E-state index in [1.54, 1.807) is 19.1 Å². The molecule has 0 aliphatic carbocycles. The number of carbonyl (C=O) groups is 1. The van der Waals surface area contributed by atoms with Gasteiger partial charge < -0.3 is 10.4 Å². The lowest BCUT2D eigenvalue weighted by Gasteiger charge is -2.35. The van der Waals surface area contributed by atoms with Crippen molar-refractivity contribution in [1.29, 1.82) is 0 Å². The van der Waals surface area contributed by atoms with Crippen molar-refractivity contribution >= 4 is 17.3 Å². The third-order valence-corrected chi connectivity index (χ3v) is 4.84. The minimum atomic E-state index is -0.570. The van der Waals surface area contributed by atoms with Crippen molar-refractivity contribution in [3.8, 4) is 0 Å². The van der Waals surface area contributed by atoms with Gasteiger partial charge in [0.15, 0.2) is 0 Å². The molecular formula is C20H23N3O4. The maximum atomic E-state index is 13.1. The number of anilines is 1. The molecule has 0 saturated carbocycles. The molecular weight excluding hydrogens is 346 g/mol. The predicted octanol–water partition coefficient (Wildman–Crippen LogP) is 3.04. The number of aryl methyl sites for hydroxylation is 1. The minimum absolute atomic E-state index is 0.121. The highest BCUT2D eigenvalue weighted by Crippen LogP contribution is 2.30. The topological polar surface area (TPSA) is 95.7 Å². The number of likely N-dealkylation sites (tertiary alicyclic amines) is 1. The van der Waals surface area contributed by atoms with Gasteiger partial charge in [0.1, 0.15) is 11.7 Å². The van der Waals surface area contributed by atoms with Gasteiger partial charge in [-0.3, -0.25) is 19.8 Å². The average molecular weight is 369 g/mol. The molecule has 1 atom stereocenters. The van der Waals surface area contributed by atoms with Crippen LogP contribution in [-0.4, -0.2) is 40.0 Å². The summed E-state index contributed by atoms with van der Waals surface area (Å²) >= 11 is 0. The van der Waals surface area contributed by atoms with Gasteiger partial charge in [0.25, 0.3) is 5.69 Å². The Morgan fingerprint density at radius 2 is 1.89 bits per heavy atom. The Kier molecular flexibility index (Phi) is 5.83. The van der Waals surface area contributed by atoms with Crippen LogP contribution in [-0.2, 0) is 4.79 Å². The van der Waals surface area contributed by atoms with Gasteiger partial charge >= 0.3 is 0 Å². The Labute approximate surface area is 157 Å². The number of aliphatic hydroxyl groups is 1. The van der Waals surface area contributed by atoms with Gasteiger partial charge in [0, 0.05) is 19.2 Å². The quantitative estimate of drug-likeness (QED) is 0.624. The maximum absolute atomic E-state index is 13.1. The number of hydrogen-bond acceptors (Lipinski definition) is 5. The Hall–Kier alpha value is -2.77. The lowest BCUT2D eigenvalue weighted by Crippen LogP contribution is -2.43. The molecule has 1 unspecified atom stereocenters. The Morgan fingerprint density at radius 1 is 1.22 bits per heavy atom. The number of rotatable bonds is 5. The van der Waals surface area contributed by atoms with E-state index in [4.69, 9.17) is 0 Å². The predicted molar refractivity (Wildman–Crippen MR) is 102 cm³/mol. The highest BCUT2D eigenvalue weighted by atomic mass is 16.6. The highest BCUT2D eigenvalue weighted by Gasteiger charge is 2.31. The summed E-state index contributed by atoms with van der Waals surface area (Å²) in [4.78, 5) is 26.0. The van der Waals surface area contributed by atoms with E-state index in [2.05, 4.69) is 5.32 Å². The van der Waals surface area contributed by atoms with Crippen molar-refractivity contribution in [2.75, 3.05) is 18.4 Å². The summed E-state index contributed by atoms with van der Waals surface area (Å²) in [5.41, 5.74) is 1.64. The zero-order valence-electron chi connectivity index (χ0n) is 15.2. The van der Waals surface area contributed by atoms with E-state index in [0.717, 1.165) is 11.1 Å². The Morgan fingerprint density at radius 3 is 2.52 bits per heavy atom. The Bertz CT molecular complexity index is 817. The summed E-state index contributed by atoms with van der Waals surface area (Å²) in [5, 5.41) is 23.9. The van der Waals surface area contributed by atoms with Crippen LogP contribution in [0.3, 0.4) is 0 Å². The largest absolute Gasteiger partial charge is 0.393 e. The van der Waals surface area contributed by atoms with Crippen LogP contribution in [0.2, 0.25) is 0 Å². The molecule has 7 nitrogen and oxygen atoms in total. The summed E-state index contributed by atoms with van der Waals surface area (Å²) in [6, 6.07) is 13.5. The van der Waals surface area contributed by atoms with Crippen LogP contribution in [0.5, 0.6) is 0 Å². The standard InChI is InChI=1S/C20H23N3O4/c1-14-7-8-17(18(13-14)23(26)27)21-20(25)19(15-5-3-2-4-6-15)22-11-9-16(24)10-12-22/h2-8,13,16,19,24H,9-12H2,1H3,(H,21,25). The number of piperidine rings is 1. The van der Waals surface area contributed by atoms with Crippen LogP contribution < -0.4 is 5.32 Å². The second kappa shape index (κ2) is 8.28. The fourth-order valence-corrected chi connectivity index (χ4v) is 3.41. The summed E-state index contributed by atoms with van der Waals surface area (Å²) in [5.74, 6) is -0.315. The van der Waals surface area contributed by atoms with Gasteiger partial charge in [0.05, 0.1) is 11.0 Å². The van der Waals surface area contributed by atoms with E-state index in [1.165, 1.54) is 6.07 Å². The van der Waals surface area contributed by atoms with Crippen molar-refractivity contribution < 1.29 is 14.8 Å². The summed E-state index contributed by atoms with van der Waals surface area (Å²) < 4.78 is 0. The van der Waals surface area contributed by atoms with Crippen LogP contribution in [0.15, 0.2) is 48.5 Å². The normalized spacial score (nSPS) is 16.7. The average Bonchev–Trinajstić information content (AvgIpc) is 2.66. The first-order valence-electron chi connectivity index (χ1n) is 8.98. The first kappa shape index (κ1) is 19.0. The lowest BCUT2D eigenvalue weighted by molar-refractivity contribution is -0.384. The van der Waals surface area contributed by atoms with Crippen molar-refractivity contribution in [2.45, 2.75) is 31.9 Å². The van der Waals surface area contributed by atoms with Gasteiger partial charge in [-0.1, -0.05) is 36.4 Å². The van der Waals surface area contributed by atoms with E-state index in [0.29, 0.717) is 25.9 Å². The van der Waals surface area contributed by atoms with Crippen molar-refractivity contribution in [2.24, 2.45) is 0 Å². The van der Waals surface area contributed by atoms with Crippen molar-refractivity contribution in [3.05, 3.63) is 69.8 Å². The van der Waals surface area contributed by atoms with E-state index < -0.39 is 11.0 Å². The third-order valence-electron chi connectivity index (χ3n) is 4.84. The van der Waals surface area contributed by atoms with Crippen LogP contribution in [0, 0.1) is 17.0 Å². The molecule has 1 aliphatic heterocycles. The van der Waals surface area contributed by atoms with Crippen LogP contribution in [0.1, 0.15) is 30.0 Å². The number of hydrogen-bond donors (Lipinski definition) is 2. The number of aliphatic hydroxyl groups excluding tert-OH is 1. The van der Waals surface area contributed by atoms with E-state index >= 15 is 0 Å². The lowest BCUT2D eigenvalue weighted by atomic mass is 9.99.